The van der Waals surface area contributed by atoms with Gasteiger partial charge in [0, 0.05) is 11.4 Å². The summed E-state index contributed by atoms with van der Waals surface area (Å²) in [5.41, 5.74) is 2.11. The van der Waals surface area contributed by atoms with E-state index in [0.29, 0.717) is 6.54 Å². The second-order valence-corrected chi connectivity index (χ2v) is 4.17. The van der Waals surface area contributed by atoms with Gasteiger partial charge in [0.2, 0.25) is 0 Å². The summed E-state index contributed by atoms with van der Waals surface area (Å²) in [6.07, 6.45) is 0.870. The molecule has 1 aromatic heterocycles. The van der Waals surface area contributed by atoms with Crippen LogP contribution in [0.1, 0.15) is 18.6 Å². The molecule has 2 heterocycles. The van der Waals surface area contributed by atoms with Crippen molar-refractivity contribution in [3.63, 3.8) is 0 Å². The predicted octanol–water partition coefficient (Wildman–Crippen LogP) is 2.41. The zero-order valence-electron chi connectivity index (χ0n) is 8.87. The number of benzene rings is 1. The fourth-order valence-electron chi connectivity index (χ4n) is 1.99. The Morgan fingerprint density at radius 1 is 1.44 bits per heavy atom. The summed E-state index contributed by atoms with van der Waals surface area (Å²) < 4.78 is 2.10. The van der Waals surface area contributed by atoms with Gasteiger partial charge in [0.1, 0.15) is 5.82 Å². The summed E-state index contributed by atoms with van der Waals surface area (Å²) in [7, 11) is 0. The number of rotatable bonds is 1. The topological polar surface area (TPSA) is 42.7 Å². The van der Waals surface area contributed by atoms with Crippen molar-refractivity contribution in [3.05, 3.63) is 34.9 Å². The average molecular weight is 235 g/mol. The van der Waals surface area contributed by atoms with Crippen molar-refractivity contribution < 1.29 is 0 Å². The molecule has 5 heteroatoms. The Hall–Kier alpha value is -1.55. The van der Waals surface area contributed by atoms with Crippen LogP contribution >= 0.6 is 11.6 Å². The van der Waals surface area contributed by atoms with Crippen molar-refractivity contribution in [1.82, 2.24) is 14.8 Å². The van der Waals surface area contributed by atoms with Gasteiger partial charge < -0.3 is 5.32 Å². The van der Waals surface area contributed by atoms with Crippen LogP contribution < -0.4 is 5.32 Å². The molecule has 16 heavy (non-hydrogen) atoms. The Morgan fingerprint density at radius 3 is 3.12 bits per heavy atom. The number of hydrogen-bond acceptors (Lipinski definition) is 3. The number of nitrogens with zero attached hydrogens (tertiary/aromatic N) is 3. The SMILES string of the molecule is CCc1nnc2n1-c1ccc(Cl)cc1NC2. The monoisotopic (exact) mass is 234 g/mol. The first-order valence-corrected chi connectivity index (χ1v) is 5.64. The number of anilines is 1. The molecule has 0 atom stereocenters. The van der Waals surface area contributed by atoms with E-state index >= 15 is 0 Å². The highest BCUT2D eigenvalue weighted by atomic mass is 35.5. The highest BCUT2D eigenvalue weighted by Crippen LogP contribution is 2.30. The molecule has 1 aliphatic rings. The van der Waals surface area contributed by atoms with Crippen LogP contribution in [0.15, 0.2) is 18.2 Å². The fourth-order valence-corrected chi connectivity index (χ4v) is 2.17. The van der Waals surface area contributed by atoms with Gasteiger partial charge in [-0.15, -0.1) is 10.2 Å². The first-order valence-electron chi connectivity index (χ1n) is 5.26. The molecule has 2 aromatic rings. The van der Waals surface area contributed by atoms with Crippen LogP contribution in [0.3, 0.4) is 0 Å². The molecule has 0 amide bonds. The van der Waals surface area contributed by atoms with Gasteiger partial charge >= 0.3 is 0 Å². The minimum absolute atomic E-state index is 0.695. The van der Waals surface area contributed by atoms with E-state index in [0.717, 1.165) is 34.5 Å². The molecule has 3 rings (SSSR count). The third-order valence-electron chi connectivity index (χ3n) is 2.75. The molecule has 0 spiro atoms. The molecule has 0 unspecified atom stereocenters. The number of hydrogen-bond donors (Lipinski definition) is 1. The molecule has 1 aliphatic heterocycles. The summed E-state index contributed by atoms with van der Waals surface area (Å²) in [5.74, 6) is 1.94. The summed E-state index contributed by atoms with van der Waals surface area (Å²) in [5, 5.41) is 12.4. The van der Waals surface area contributed by atoms with E-state index in [1.165, 1.54) is 0 Å². The molecular formula is C11H11ClN4. The van der Waals surface area contributed by atoms with Crippen LogP contribution in [0.2, 0.25) is 5.02 Å². The smallest absolute Gasteiger partial charge is 0.157 e. The molecule has 0 saturated carbocycles. The Kier molecular flexibility index (Phi) is 2.11. The highest BCUT2D eigenvalue weighted by molar-refractivity contribution is 6.31. The Morgan fingerprint density at radius 2 is 2.31 bits per heavy atom. The van der Waals surface area contributed by atoms with Gasteiger partial charge in [-0.05, 0) is 18.2 Å². The molecule has 1 aromatic carbocycles. The van der Waals surface area contributed by atoms with Gasteiger partial charge in [-0.3, -0.25) is 4.57 Å². The summed E-state index contributed by atoms with van der Waals surface area (Å²) in [6, 6.07) is 5.81. The van der Waals surface area contributed by atoms with E-state index in [2.05, 4.69) is 27.0 Å². The van der Waals surface area contributed by atoms with E-state index in [9.17, 15) is 0 Å². The lowest BCUT2D eigenvalue weighted by Gasteiger charge is -2.20. The molecule has 0 fully saturated rings. The molecular weight excluding hydrogens is 224 g/mol. The van der Waals surface area contributed by atoms with Gasteiger partial charge in [-0.25, -0.2) is 0 Å². The summed E-state index contributed by atoms with van der Waals surface area (Å²) in [4.78, 5) is 0. The summed E-state index contributed by atoms with van der Waals surface area (Å²) >= 11 is 5.97. The first kappa shape index (κ1) is 9.66. The molecule has 0 saturated heterocycles. The molecule has 0 bridgehead atoms. The third-order valence-corrected chi connectivity index (χ3v) is 2.98. The van der Waals surface area contributed by atoms with Crippen LogP contribution in [0.4, 0.5) is 5.69 Å². The fraction of sp³-hybridized carbons (Fsp3) is 0.273. The van der Waals surface area contributed by atoms with Crippen LogP contribution in [0, 0.1) is 0 Å². The van der Waals surface area contributed by atoms with Crippen molar-refractivity contribution in [2.75, 3.05) is 5.32 Å². The Labute approximate surface area is 98.3 Å². The standard InChI is InChI=1S/C11H11ClN4/c1-2-10-14-15-11-6-13-8-5-7(12)3-4-9(8)16(10)11/h3-5,13H,2,6H2,1H3. The van der Waals surface area contributed by atoms with Crippen LogP contribution in [0.25, 0.3) is 5.69 Å². The van der Waals surface area contributed by atoms with E-state index < -0.39 is 0 Å². The summed E-state index contributed by atoms with van der Waals surface area (Å²) in [6.45, 7) is 2.77. The normalized spacial score (nSPS) is 12.9. The molecule has 82 valence electrons. The second-order valence-electron chi connectivity index (χ2n) is 3.74. The first-order chi connectivity index (χ1) is 7.79. The molecule has 4 nitrogen and oxygen atoms in total. The number of halogens is 1. The largest absolute Gasteiger partial charge is 0.376 e. The van der Waals surface area contributed by atoms with Gasteiger partial charge in [-0.1, -0.05) is 18.5 Å². The molecule has 0 aliphatic carbocycles. The zero-order valence-corrected chi connectivity index (χ0v) is 9.62. The van der Waals surface area contributed by atoms with Crippen molar-refractivity contribution in [1.29, 1.82) is 0 Å². The van der Waals surface area contributed by atoms with Gasteiger partial charge in [0.05, 0.1) is 17.9 Å². The van der Waals surface area contributed by atoms with E-state index in [4.69, 9.17) is 11.6 Å². The van der Waals surface area contributed by atoms with Gasteiger partial charge in [0.25, 0.3) is 0 Å². The second kappa shape index (κ2) is 3.49. The van der Waals surface area contributed by atoms with E-state index in [1.807, 2.05) is 18.2 Å². The van der Waals surface area contributed by atoms with Crippen LogP contribution in [0.5, 0.6) is 0 Å². The van der Waals surface area contributed by atoms with Crippen molar-refractivity contribution >= 4 is 17.3 Å². The van der Waals surface area contributed by atoms with Gasteiger partial charge in [0.15, 0.2) is 5.82 Å². The van der Waals surface area contributed by atoms with Crippen molar-refractivity contribution in [2.45, 2.75) is 19.9 Å². The molecule has 0 radical (unpaired) electrons. The van der Waals surface area contributed by atoms with E-state index in [1.54, 1.807) is 0 Å². The van der Waals surface area contributed by atoms with Gasteiger partial charge in [-0.2, -0.15) is 0 Å². The maximum Gasteiger partial charge on any atom is 0.157 e. The maximum atomic E-state index is 5.97. The Bertz CT molecular complexity index is 533. The number of aryl methyl sites for hydroxylation is 1. The maximum absolute atomic E-state index is 5.97. The number of fused-ring (bicyclic) bond motifs is 3. The molecule has 1 N–H and O–H groups in total. The Balaban J connectivity index is 2.24. The number of aromatic nitrogens is 3. The predicted molar refractivity (Wildman–Crippen MR) is 63.1 cm³/mol. The third kappa shape index (κ3) is 1.30. The lowest BCUT2D eigenvalue weighted by atomic mass is 10.2. The van der Waals surface area contributed by atoms with Crippen molar-refractivity contribution in [2.24, 2.45) is 0 Å². The minimum Gasteiger partial charge on any atom is -0.376 e. The quantitative estimate of drug-likeness (QED) is 0.824. The van der Waals surface area contributed by atoms with E-state index in [-0.39, 0.29) is 0 Å². The lowest BCUT2D eigenvalue weighted by molar-refractivity contribution is 0.825. The number of nitrogens with one attached hydrogen (secondary N) is 1. The average Bonchev–Trinajstić information content (AvgIpc) is 2.71. The highest BCUT2D eigenvalue weighted by Gasteiger charge is 2.19. The lowest BCUT2D eigenvalue weighted by Crippen LogP contribution is -2.16. The van der Waals surface area contributed by atoms with Crippen LogP contribution in [-0.2, 0) is 13.0 Å². The van der Waals surface area contributed by atoms with Crippen LogP contribution in [-0.4, -0.2) is 14.8 Å². The van der Waals surface area contributed by atoms with Crippen molar-refractivity contribution in [3.8, 4) is 5.69 Å². The minimum atomic E-state index is 0.695. The zero-order chi connectivity index (χ0) is 11.1.